The van der Waals surface area contributed by atoms with Crippen LogP contribution in [0.3, 0.4) is 0 Å². The van der Waals surface area contributed by atoms with Crippen molar-refractivity contribution in [3.05, 3.63) is 29.8 Å². The fourth-order valence-electron chi connectivity index (χ4n) is 1.64. The second-order valence-corrected chi connectivity index (χ2v) is 4.85. The number of carbonyl (C=O) groups excluding carboxylic acids is 1. The highest BCUT2D eigenvalue weighted by Crippen LogP contribution is 2.20. The van der Waals surface area contributed by atoms with Crippen LogP contribution in [0, 0.1) is 0 Å². The van der Waals surface area contributed by atoms with Gasteiger partial charge in [0.15, 0.2) is 0 Å². The van der Waals surface area contributed by atoms with E-state index in [1.807, 2.05) is 26.1 Å². The Morgan fingerprint density at radius 1 is 1.29 bits per heavy atom. The molecule has 1 unspecified atom stereocenters. The van der Waals surface area contributed by atoms with Gasteiger partial charge < -0.3 is 15.5 Å². The number of urea groups is 1. The molecule has 118 valence electrons. The van der Waals surface area contributed by atoms with E-state index in [-0.39, 0.29) is 12.6 Å². The second-order valence-electron chi connectivity index (χ2n) is 4.85. The molecule has 0 aromatic heterocycles. The molecule has 0 spiro atoms. The van der Waals surface area contributed by atoms with Crippen LogP contribution in [0.15, 0.2) is 24.3 Å². The predicted octanol–water partition coefficient (Wildman–Crippen LogP) is 3.38. The van der Waals surface area contributed by atoms with Crippen LogP contribution in [-0.2, 0) is 0 Å². The van der Waals surface area contributed by atoms with Gasteiger partial charge in [0.05, 0.1) is 6.42 Å². The molecule has 7 heteroatoms. The number of halogens is 3. The van der Waals surface area contributed by atoms with E-state index >= 15 is 0 Å². The lowest BCUT2D eigenvalue weighted by molar-refractivity contribution is -0.135. The number of nitrogens with zero attached hydrogens (tertiary/aromatic N) is 1. The van der Waals surface area contributed by atoms with E-state index in [0.717, 1.165) is 10.5 Å². The Labute approximate surface area is 122 Å². The van der Waals surface area contributed by atoms with Crippen molar-refractivity contribution in [3.8, 4) is 0 Å². The maximum absolute atomic E-state index is 12.1. The molecular formula is C14H20F3N3O. The molecule has 0 aliphatic rings. The molecule has 0 aliphatic heterocycles. The maximum atomic E-state index is 12.1. The first-order valence-electron chi connectivity index (χ1n) is 6.59. The number of alkyl halides is 3. The fraction of sp³-hybridized carbons (Fsp3) is 0.500. The van der Waals surface area contributed by atoms with Gasteiger partial charge in [0.2, 0.25) is 0 Å². The second kappa shape index (κ2) is 7.31. The Morgan fingerprint density at radius 3 is 2.33 bits per heavy atom. The molecule has 0 fully saturated rings. The topological polar surface area (TPSA) is 44.4 Å². The van der Waals surface area contributed by atoms with Crippen molar-refractivity contribution in [3.63, 3.8) is 0 Å². The summed E-state index contributed by atoms with van der Waals surface area (Å²) in [6, 6.07) is 6.77. The van der Waals surface area contributed by atoms with Crippen LogP contribution in [0.2, 0.25) is 0 Å². The van der Waals surface area contributed by atoms with Crippen molar-refractivity contribution in [1.29, 1.82) is 0 Å². The highest BCUT2D eigenvalue weighted by atomic mass is 19.4. The summed E-state index contributed by atoms with van der Waals surface area (Å²) < 4.78 is 36.3. The van der Waals surface area contributed by atoms with E-state index in [2.05, 4.69) is 10.6 Å². The number of rotatable bonds is 5. The van der Waals surface area contributed by atoms with E-state index < -0.39 is 18.6 Å². The van der Waals surface area contributed by atoms with Gasteiger partial charge in [-0.3, -0.25) is 0 Å². The Kier molecular flexibility index (Phi) is 6.02. The zero-order chi connectivity index (χ0) is 16.0. The van der Waals surface area contributed by atoms with Gasteiger partial charge in [-0.05, 0) is 31.7 Å². The minimum Gasteiger partial charge on any atom is -0.327 e. The molecule has 0 saturated carbocycles. The first-order chi connectivity index (χ1) is 9.73. The Hall–Kier alpha value is -1.76. The van der Waals surface area contributed by atoms with Gasteiger partial charge in [0, 0.05) is 25.3 Å². The van der Waals surface area contributed by atoms with Crippen LogP contribution < -0.4 is 10.6 Å². The molecule has 1 rings (SSSR count). The van der Waals surface area contributed by atoms with Crippen molar-refractivity contribution in [1.82, 2.24) is 10.2 Å². The summed E-state index contributed by atoms with van der Waals surface area (Å²) in [7, 11) is 3.18. The molecule has 0 bridgehead atoms. The van der Waals surface area contributed by atoms with Gasteiger partial charge in [0.25, 0.3) is 0 Å². The van der Waals surface area contributed by atoms with Crippen LogP contribution in [0.25, 0.3) is 0 Å². The molecule has 21 heavy (non-hydrogen) atoms. The molecule has 0 saturated heterocycles. The Bertz CT molecular complexity index is 460. The predicted molar refractivity (Wildman–Crippen MR) is 76.2 cm³/mol. The molecule has 0 radical (unpaired) electrons. The van der Waals surface area contributed by atoms with Crippen LogP contribution in [0.5, 0.6) is 0 Å². The smallest absolute Gasteiger partial charge is 0.327 e. The highest BCUT2D eigenvalue weighted by Gasteiger charge is 2.28. The third-order valence-corrected chi connectivity index (χ3v) is 3.17. The average Bonchev–Trinajstić information content (AvgIpc) is 2.43. The summed E-state index contributed by atoms with van der Waals surface area (Å²) in [5.41, 5.74) is 1.60. The summed E-state index contributed by atoms with van der Waals surface area (Å²) >= 11 is 0. The van der Waals surface area contributed by atoms with E-state index in [0.29, 0.717) is 5.69 Å². The first kappa shape index (κ1) is 17.3. The summed E-state index contributed by atoms with van der Waals surface area (Å²) in [6.07, 6.45) is -5.28. The number of hydrogen-bond donors (Lipinski definition) is 2. The number of nitrogens with one attached hydrogen (secondary N) is 2. The van der Waals surface area contributed by atoms with Gasteiger partial charge in [0.1, 0.15) is 0 Å². The van der Waals surface area contributed by atoms with Gasteiger partial charge in [-0.15, -0.1) is 0 Å². The zero-order valence-electron chi connectivity index (χ0n) is 12.3. The van der Waals surface area contributed by atoms with E-state index in [1.54, 1.807) is 12.1 Å². The molecule has 0 heterocycles. The van der Waals surface area contributed by atoms with Crippen molar-refractivity contribution in [2.45, 2.75) is 25.6 Å². The van der Waals surface area contributed by atoms with Crippen LogP contribution in [0.1, 0.15) is 24.9 Å². The number of hydrogen-bond acceptors (Lipinski definition) is 2. The van der Waals surface area contributed by atoms with E-state index in [1.165, 1.54) is 7.05 Å². The number of benzene rings is 1. The minimum atomic E-state index is -4.26. The van der Waals surface area contributed by atoms with E-state index in [9.17, 15) is 18.0 Å². The lowest BCUT2D eigenvalue weighted by Crippen LogP contribution is -2.34. The number of anilines is 1. The maximum Gasteiger partial charge on any atom is 0.390 e. The SMILES string of the molecule is CNC(C)c1ccc(NC(=O)N(C)CCC(F)(F)F)cc1. The Balaban J connectivity index is 2.54. The molecule has 1 atom stereocenters. The third kappa shape index (κ3) is 6.03. The average molecular weight is 303 g/mol. The van der Waals surface area contributed by atoms with E-state index in [4.69, 9.17) is 0 Å². The largest absolute Gasteiger partial charge is 0.390 e. The van der Waals surface area contributed by atoms with Crippen molar-refractivity contribution in [2.75, 3.05) is 26.0 Å². The summed E-state index contributed by atoms with van der Waals surface area (Å²) in [4.78, 5) is 12.8. The van der Waals surface area contributed by atoms with Gasteiger partial charge >= 0.3 is 12.2 Å². The number of carbonyl (C=O) groups is 1. The highest BCUT2D eigenvalue weighted by molar-refractivity contribution is 5.89. The lowest BCUT2D eigenvalue weighted by atomic mass is 10.1. The molecule has 1 aromatic carbocycles. The number of amides is 2. The van der Waals surface area contributed by atoms with Gasteiger partial charge in [-0.25, -0.2) is 4.79 Å². The van der Waals surface area contributed by atoms with Gasteiger partial charge in [-0.1, -0.05) is 12.1 Å². The summed E-state index contributed by atoms with van der Waals surface area (Å²) in [5.74, 6) is 0. The van der Waals surface area contributed by atoms with Crippen molar-refractivity contribution in [2.24, 2.45) is 0 Å². The van der Waals surface area contributed by atoms with Crippen LogP contribution in [0.4, 0.5) is 23.7 Å². The quantitative estimate of drug-likeness (QED) is 0.876. The fourth-order valence-corrected chi connectivity index (χ4v) is 1.64. The summed E-state index contributed by atoms with van der Waals surface area (Å²) in [6.45, 7) is 1.63. The zero-order valence-corrected chi connectivity index (χ0v) is 12.3. The van der Waals surface area contributed by atoms with Crippen molar-refractivity contribution >= 4 is 11.7 Å². The first-order valence-corrected chi connectivity index (χ1v) is 6.59. The minimum absolute atomic E-state index is 0.184. The molecule has 1 aromatic rings. The standard InChI is InChI=1S/C14H20F3N3O/c1-10(18-2)11-4-6-12(7-5-11)19-13(21)20(3)9-8-14(15,16)17/h4-7,10,18H,8-9H2,1-3H3,(H,19,21). The van der Waals surface area contributed by atoms with Crippen LogP contribution >= 0.6 is 0 Å². The monoisotopic (exact) mass is 303 g/mol. The van der Waals surface area contributed by atoms with Gasteiger partial charge in [-0.2, -0.15) is 13.2 Å². The molecule has 2 N–H and O–H groups in total. The van der Waals surface area contributed by atoms with Crippen molar-refractivity contribution < 1.29 is 18.0 Å². The Morgan fingerprint density at radius 2 is 1.86 bits per heavy atom. The molecule has 4 nitrogen and oxygen atoms in total. The summed E-state index contributed by atoms with van der Waals surface area (Å²) in [5, 5.41) is 5.65. The molecule has 2 amide bonds. The lowest BCUT2D eigenvalue weighted by Gasteiger charge is -2.19. The normalized spacial score (nSPS) is 12.9. The molecular weight excluding hydrogens is 283 g/mol. The third-order valence-electron chi connectivity index (χ3n) is 3.17. The van der Waals surface area contributed by atoms with Crippen LogP contribution in [-0.4, -0.2) is 37.7 Å². The molecule has 0 aliphatic carbocycles.